The molecule has 3 rings (SSSR count). The number of nitrogen functional groups attached to an aromatic ring is 1. The Balaban J connectivity index is 1.69. The minimum atomic E-state index is -0.301. The molecule has 2 aromatic rings. The van der Waals surface area contributed by atoms with Gasteiger partial charge in [0.05, 0.1) is 6.61 Å². The number of nitrogens with zero attached hydrogens (tertiary/aromatic N) is 2. The van der Waals surface area contributed by atoms with Crippen LogP contribution >= 0.6 is 0 Å². The van der Waals surface area contributed by atoms with Crippen molar-refractivity contribution in [1.82, 2.24) is 15.3 Å². The third kappa shape index (κ3) is 2.79. The van der Waals surface area contributed by atoms with Crippen LogP contribution in [0.4, 0.5) is 5.82 Å². The average Bonchev–Trinajstić information content (AvgIpc) is 2.53. The smallest absolute Gasteiger partial charge is 0.273 e. The molecule has 0 saturated heterocycles. The number of para-hydroxylation sites is 1. The predicted octanol–water partition coefficient (Wildman–Crippen LogP) is 1.35. The molecule has 108 valence electrons. The van der Waals surface area contributed by atoms with E-state index in [1.54, 1.807) is 0 Å². The van der Waals surface area contributed by atoms with Crippen LogP contribution in [0.1, 0.15) is 28.4 Å². The van der Waals surface area contributed by atoms with Crippen molar-refractivity contribution in [3.8, 4) is 5.75 Å². The average molecular weight is 284 g/mol. The molecular weight excluding hydrogens is 268 g/mol. The first-order chi connectivity index (χ1) is 10.3. The number of ether oxygens (including phenoxy) is 1. The highest BCUT2D eigenvalue weighted by atomic mass is 16.5. The second-order valence-corrected chi connectivity index (χ2v) is 4.87. The third-order valence-electron chi connectivity index (χ3n) is 3.53. The van der Waals surface area contributed by atoms with Gasteiger partial charge in [-0.1, -0.05) is 18.2 Å². The van der Waals surface area contributed by atoms with Crippen molar-refractivity contribution in [2.24, 2.45) is 0 Å². The van der Waals surface area contributed by atoms with Crippen molar-refractivity contribution < 1.29 is 9.53 Å². The van der Waals surface area contributed by atoms with Crippen LogP contribution in [0.2, 0.25) is 0 Å². The Morgan fingerprint density at radius 3 is 3.00 bits per heavy atom. The van der Waals surface area contributed by atoms with E-state index in [0.717, 1.165) is 17.7 Å². The molecule has 1 aliphatic heterocycles. The van der Waals surface area contributed by atoms with Crippen molar-refractivity contribution in [2.75, 3.05) is 18.9 Å². The summed E-state index contributed by atoms with van der Waals surface area (Å²) in [4.78, 5) is 19.9. The number of hydrogen-bond donors (Lipinski definition) is 2. The largest absolute Gasteiger partial charge is 0.493 e. The van der Waals surface area contributed by atoms with Gasteiger partial charge in [0.1, 0.15) is 5.75 Å². The number of carbonyl (C=O) groups excluding carboxylic acids is 1. The maximum atomic E-state index is 12.1. The second-order valence-electron chi connectivity index (χ2n) is 4.87. The summed E-state index contributed by atoms with van der Waals surface area (Å²) < 4.78 is 5.61. The van der Waals surface area contributed by atoms with Gasteiger partial charge in [0.25, 0.3) is 5.91 Å². The van der Waals surface area contributed by atoms with E-state index in [2.05, 4.69) is 15.3 Å². The van der Waals surface area contributed by atoms with Crippen LogP contribution in [0.25, 0.3) is 0 Å². The van der Waals surface area contributed by atoms with Gasteiger partial charge >= 0.3 is 0 Å². The summed E-state index contributed by atoms with van der Waals surface area (Å²) in [5.41, 5.74) is 6.94. The molecule has 0 radical (unpaired) electrons. The van der Waals surface area contributed by atoms with E-state index in [9.17, 15) is 4.79 Å². The standard InChI is InChI=1S/C15H16N4O2/c16-14-13(17-6-7-18-14)15(20)19-9-10-5-8-21-12-4-2-1-3-11(10)12/h1-4,6-7,10H,5,8-9H2,(H2,16,18)(H,19,20). The minimum Gasteiger partial charge on any atom is -0.493 e. The molecule has 6 nitrogen and oxygen atoms in total. The van der Waals surface area contributed by atoms with E-state index in [-0.39, 0.29) is 23.3 Å². The highest BCUT2D eigenvalue weighted by Gasteiger charge is 2.22. The zero-order chi connectivity index (χ0) is 14.7. The Hall–Kier alpha value is -2.63. The molecule has 1 aromatic carbocycles. The van der Waals surface area contributed by atoms with Crippen LogP contribution in [0.3, 0.4) is 0 Å². The lowest BCUT2D eigenvalue weighted by molar-refractivity contribution is 0.0944. The summed E-state index contributed by atoms with van der Waals surface area (Å²) in [5, 5.41) is 2.87. The second kappa shape index (κ2) is 5.78. The Labute approximate surface area is 122 Å². The summed E-state index contributed by atoms with van der Waals surface area (Å²) in [6.07, 6.45) is 3.78. The SMILES string of the molecule is Nc1nccnc1C(=O)NCC1CCOc2ccccc21. The molecular formula is C15H16N4O2. The highest BCUT2D eigenvalue weighted by Crippen LogP contribution is 2.32. The van der Waals surface area contributed by atoms with Gasteiger partial charge in [-0.05, 0) is 18.1 Å². The maximum Gasteiger partial charge on any atom is 0.273 e. The van der Waals surface area contributed by atoms with Gasteiger partial charge in [0.15, 0.2) is 11.5 Å². The summed E-state index contributed by atoms with van der Waals surface area (Å²) in [5.74, 6) is 0.964. The van der Waals surface area contributed by atoms with Crippen LogP contribution in [-0.4, -0.2) is 29.0 Å². The van der Waals surface area contributed by atoms with Crippen LogP contribution in [0, 0.1) is 0 Å². The van der Waals surface area contributed by atoms with Crippen molar-refractivity contribution in [1.29, 1.82) is 0 Å². The van der Waals surface area contributed by atoms with Crippen LogP contribution in [0.5, 0.6) is 5.75 Å². The van der Waals surface area contributed by atoms with Crippen LogP contribution < -0.4 is 15.8 Å². The molecule has 21 heavy (non-hydrogen) atoms. The van der Waals surface area contributed by atoms with E-state index < -0.39 is 0 Å². The molecule has 0 fully saturated rings. The number of anilines is 1. The van der Waals surface area contributed by atoms with Gasteiger partial charge < -0.3 is 15.8 Å². The van der Waals surface area contributed by atoms with Crippen LogP contribution in [0.15, 0.2) is 36.7 Å². The molecule has 0 bridgehead atoms. The normalized spacial score (nSPS) is 16.7. The molecule has 6 heteroatoms. The lowest BCUT2D eigenvalue weighted by Crippen LogP contribution is -2.31. The number of aromatic nitrogens is 2. The molecule has 1 aliphatic rings. The Kier molecular flexibility index (Phi) is 3.68. The number of benzene rings is 1. The Morgan fingerprint density at radius 2 is 2.14 bits per heavy atom. The Bertz CT molecular complexity index is 660. The van der Waals surface area contributed by atoms with E-state index in [1.165, 1.54) is 12.4 Å². The molecule has 0 spiro atoms. The molecule has 1 amide bonds. The predicted molar refractivity (Wildman–Crippen MR) is 78.1 cm³/mol. The van der Waals surface area contributed by atoms with Gasteiger partial charge in [-0.2, -0.15) is 0 Å². The maximum absolute atomic E-state index is 12.1. The van der Waals surface area contributed by atoms with Gasteiger partial charge in [0, 0.05) is 24.9 Å². The van der Waals surface area contributed by atoms with E-state index in [4.69, 9.17) is 10.5 Å². The van der Waals surface area contributed by atoms with Gasteiger partial charge in [-0.25, -0.2) is 9.97 Å². The number of hydrogen-bond acceptors (Lipinski definition) is 5. The van der Waals surface area contributed by atoms with Gasteiger partial charge in [-0.3, -0.25) is 4.79 Å². The first kappa shape index (κ1) is 13.4. The number of nitrogens with one attached hydrogen (secondary N) is 1. The number of fused-ring (bicyclic) bond motifs is 1. The van der Waals surface area contributed by atoms with E-state index in [1.807, 2.05) is 24.3 Å². The molecule has 0 saturated carbocycles. The zero-order valence-corrected chi connectivity index (χ0v) is 11.5. The minimum absolute atomic E-state index is 0.141. The molecule has 1 atom stereocenters. The first-order valence-electron chi connectivity index (χ1n) is 6.82. The molecule has 1 unspecified atom stereocenters. The number of amides is 1. The summed E-state index contributed by atoms with van der Waals surface area (Å²) in [6.45, 7) is 1.18. The summed E-state index contributed by atoms with van der Waals surface area (Å²) in [7, 11) is 0. The monoisotopic (exact) mass is 284 g/mol. The lowest BCUT2D eigenvalue weighted by Gasteiger charge is -2.25. The quantitative estimate of drug-likeness (QED) is 0.888. The van der Waals surface area contributed by atoms with E-state index >= 15 is 0 Å². The molecule has 0 aliphatic carbocycles. The van der Waals surface area contributed by atoms with Gasteiger partial charge in [0.2, 0.25) is 0 Å². The summed E-state index contributed by atoms with van der Waals surface area (Å²) in [6, 6.07) is 7.90. The highest BCUT2D eigenvalue weighted by molar-refractivity contribution is 5.96. The third-order valence-corrected chi connectivity index (χ3v) is 3.53. The molecule has 3 N–H and O–H groups in total. The molecule has 1 aromatic heterocycles. The van der Waals surface area contributed by atoms with Crippen molar-refractivity contribution >= 4 is 11.7 Å². The zero-order valence-electron chi connectivity index (χ0n) is 11.5. The number of carbonyl (C=O) groups is 1. The summed E-state index contributed by atoms with van der Waals surface area (Å²) >= 11 is 0. The fourth-order valence-electron chi connectivity index (χ4n) is 2.45. The topological polar surface area (TPSA) is 90.1 Å². The van der Waals surface area contributed by atoms with Crippen molar-refractivity contribution in [2.45, 2.75) is 12.3 Å². The van der Waals surface area contributed by atoms with Crippen molar-refractivity contribution in [3.63, 3.8) is 0 Å². The fourth-order valence-corrected chi connectivity index (χ4v) is 2.45. The molecule has 2 heterocycles. The number of nitrogens with two attached hydrogens (primary N) is 1. The lowest BCUT2D eigenvalue weighted by atomic mass is 9.93. The van der Waals surface area contributed by atoms with Crippen LogP contribution in [-0.2, 0) is 0 Å². The first-order valence-corrected chi connectivity index (χ1v) is 6.82. The van der Waals surface area contributed by atoms with Crippen molar-refractivity contribution in [3.05, 3.63) is 47.9 Å². The van der Waals surface area contributed by atoms with E-state index in [0.29, 0.717) is 13.2 Å². The number of rotatable bonds is 3. The fraction of sp³-hybridized carbons (Fsp3) is 0.267. The Morgan fingerprint density at radius 1 is 1.33 bits per heavy atom. The van der Waals surface area contributed by atoms with Gasteiger partial charge in [-0.15, -0.1) is 0 Å².